The fraction of sp³-hybridized carbons (Fsp3) is 0.667. The zero-order valence-corrected chi connectivity index (χ0v) is 20.5. The van der Waals surface area contributed by atoms with Gasteiger partial charge in [0.05, 0.1) is 25.4 Å². The quantitative estimate of drug-likeness (QED) is 0.297. The molecule has 1 aromatic rings. The number of hydrogen-bond acceptors (Lipinski definition) is 4. The van der Waals surface area contributed by atoms with Crippen LogP contribution in [0, 0.1) is 5.82 Å². The molecule has 1 aliphatic rings. The predicted octanol–water partition coefficient (Wildman–Crippen LogP) is 3.07. The van der Waals surface area contributed by atoms with Gasteiger partial charge in [0.1, 0.15) is 5.82 Å². The summed E-state index contributed by atoms with van der Waals surface area (Å²) in [6.07, 6.45) is 0. The van der Waals surface area contributed by atoms with Gasteiger partial charge < -0.3 is 20.3 Å². The molecular weight excluding hydrogens is 484 g/mol. The number of ether oxygens (including phenoxy) is 1. The van der Waals surface area contributed by atoms with E-state index in [4.69, 9.17) is 4.74 Å². The third kappa shape index (κ3) is 8.25. The minimum atomic E-state index is -0.185. The van der Waals surface area contributed by atoms with E-state index in [0.717, 1.165) is 64.0 Å². The molecule has 0 spiro atoms. The van der Waals surface area contributed by atoms with E-state index < -0.39 is 0 Å². The van der Waals surface area contributed by atoms with Crippen LogP contribution in [0.2, 0.25) is 0 Å². The summed E-state index contributed by atoms with van der Waals surface area (Å²) >= 11 is 0. The predicted molar refractivity (Wildman–Crippen MR) is 130 cm³/mol. The van der Waals surface area contributed by atoms with Crippen molar-refractivity contribution in [2.45, 2.75) is 40.3 Å². The Bertz CT molecular complexity index is 621. The van der Waals surface area contributed by atoms with Crippen LogP contribution in [0.25, 0.3) is 0 Å². The fourth-order valence-electron chi connectivity index (χ4n) is 3.37. The molecule has 0 amide bonds. The van der Waals surface area contributed by atoms with Crippen molar-refractivity contribution >= 4 is 35.6 Å². The van der Waals surface area contributed by atoms with Crippen LogP contribution in [0.15, 0.2) is 23.2 Å². The summed E-state index contributed by atoms with van der Waals surface area (Å²) in [5, 5.41) is 6.67. The average molecular weight is 521 g/mol. The zero-order valence-electron chi connectivity index (χ0n) is 18.2. The van der Waals surface area contributed by atoms with E-state index in [9.17, 15) is 4.39 Å². The number of anilines is 1. The van der Waals surface area contributed by atoms with Gasteiger partial charge in [-0.05, 0) is 45.4 Å². The molecule has 166 valence electrons. The lowest BCUT2D eigenvalue weighted by atomic mass is 10.2. The highest BCUT2D eigenvalue weighted by Gasteiger charge is 2.17. The van der Waals surface area contributed by atoms with Crippen molar-refractivity contribution in [3.63, 3.8) is 0 Å². The van der Waals surface area contributed by atoms with Crippen molar-refractivity contribution in [1.29, 1.82) is 0 Å². The Balaban J connectivity index is 0.00000420. The normalized spacial score (nSPS) is 16.1. The second-order valence-corrected chi connectivity index (χ2v) is 7.03. The van der Waals surface area contributed by atoms with E-state index in [1.54, 1.807) is 6.07 Å². The lowest BCUT2D eigenvalue weighted by Gasteiger charge is -2.32. The maximum absolute atomic E-state index is 14.5. The number of nitrogens with one attached hydrogen (secondary N) is 2. The molecule has 0 saturated carbocycles. The third-order valence-corrected chi connectivity index (χ3v) is 5.11. The number of rotatable bonds is 9. The smallest absolute Gasteiger partial charge is 0.191 e. The van der Waals surface area contributed by atoms with Crippen molar-refractivity contribution in [2.75, 3.05) is 57.4 Å². The molecule has 1 heterocycles. The monoisotopic (exact) mass is 521 g/mol. The van der Waals surface area contributed by atoms with E-state index in [1.165, 1.54) is 0 Å². The SMILES string of the molecule is CCNC(=NCc1ccc(N(CC)CC)c(F)c1)NCC(C)N1CCOCC1.I. The molecule has 2 rings (SSSR count). The Kier molecular flexibility index (Phi) is 12.5. The average Bonchev–Trinajstić information content (AvgIpc) is 2.72. The number of nitrogens with zero attached hydrogens (tertiary/aromatic N) is 3. The summed E-state index contributed by atoms with van der Waals surface area (Å²) in [6.45, 7) is 15.5. The second-order valence-electron chi connectivity index (χ2n) is 7.03. The van der Waals surface area contributed by atoms with Crippen molar-refractivity contribution in [3.8, 4) is 0 Å². The number of morpholine rings is 1. The molecule has 6 nitrogen and oxygen atoms in total. The van der Waals surface area contributed by atoms with E-state index in [0.29, 0.717) is 18.3 Å². The molecule has 29 heavy (non-hydrogen) atoms. The first-order chi connectivity index (χ1) is 13.6. The summed E-state index contributed by atoms with van der Waals surface area (Å²) in [4.78, 5) is 9.06. The Hall–Kier alpha value is -1.13. The Labute approximate surface area is 192 Å². The molecule has 1 unspecified atom stereocenters. The molecular formula is C21H37FIN5O. The first-order valence-electron chi connectivity index (χ1n) is 10.5. The van der Waals surface area contributed by atoms with Gasteiger partial charge in [-0.15, -0.1) is 24.0 Å². The molecule has 1 aliphatic heterocycles. The van der Waals surface area contributed by atoms with Gasteiger partial charge in [-0.1, -0.05) is 6.07 Å². The van der Waals surface area contributed by atoms with Crippen LogP contribution in [0.4, 0.5) is 10.1 Å². The Morgan fingerprint density at radius 3 is 2.48 bits per heavy atom. The van der Waals surface area contributed by atoms with Crippen molar-refractivity contribution in [1.82, 2.24) is 15.5 Å². The Morgan fingerprint density at radius 2 is 1.90 bits per heavy atom. The number of hydrogen-bond donors (Lipinski definition) is 2. The molecule has 1 atom stereocenters. The van der Waals surface area contributed by atoms with Gasteiger partial charge in [-0.2, -0.15) is 0 Å². The summed E-state index contributed by atoms with van der Waals surface area (Å²) in [7, 11) is 0. The maximum Gasteiger partial charge on any atom is 0.191 e. The standard InChI is InChI=1S/C21H36FN5O.HI/c1-5-23-21(24-15-17(4)27-10-12-28-13-11-27)25-16-18-8-9-20(19(22)14-18)26(6-2)7-3;/h8-9,14,17H,5-7,10-13,15-16H2,1-4H3,(H2,23,24,25);1H. The molecule has 1 fully saturated rings. The highest BCUT2D eigenvalue weighted by molar-refractivity contribution is 14.0. The lowest BCUT2D eigenvalue weighted by Crippen LogP contribution is -2.49. The van der Waals surface area contributed by atoms with Crippen LogP contribution in [-0.2, 0) is 11.3 Å². The molecule has 0 aromatic heterocycles. The van der Waals surface area contributed by atoms with Crippen LogP contribution in [-0.4, -0.2) is 69.4 Å². The number of guanidine groups is 1. The first kappa shape index (κ1) is 25.9. The van der Waals surface area contributed by atoms with Gasteiger partial charge in [0.15, 0.2) is 5.96 Å². The van der Waals surface area contributed by atoms with Crippen molar-refractivity contribution < 1.29 is 9.13 Å². The van der Waals surface area contributed by atoms with Gasteiger partial charge in [-0.25, -0.2) is 9.38 Å². The van der Waals surface area contributed by atoms with Crippen LogP contribution in [0.1, 0.15) is 33.3 Å². The van der Waals surface area contributed by atoms with Crippen molar-refractivity contribution in [3.05, 3.63) is 29.6 Å². The minimum absolute atomic E-state index is 0. The molecule has 0 radical (unpaired) electrons. The number of aliphatic imine (C=N–C) groups is 1. The molecule has 1 aromatic carbocycles. The van der Waals surface area contributed by atoms with Crippen molar-refractivity contribution in [2.24, 2.45) is 4.99 Å². The zero-order chi connectivity index (χ0) is 20.4. The fourth-order valence-corrected chi connectivity index (χ4v) is 3.37. The van der Waals surface area contributed by atoms with E-state index in [2.05, 4.69) is 27.4 Å². The maximum atomic E-state index is 14.5. The lowest BCUT2D eigenvalue weighted by molar-refractivity contribution is 0.0211. The van der Waals surface area contributed by atoms with E-state index >= 15 is 0 Å². The summed E-state index contributed by atoms with van der Waals surface area (Å²) < 4.78 is 19.9. The molecule has 1 saturated heterocycles. The topological polar surface area (TPSA) is 52.1 Å². The molecule has 0 bridgehead atoms. The molecule has 8 heteroatoms. The highest BCUT2D eigenvalue weighted by Crippen LogP contribution is 2.20. The van der Waals surface area contributed by atoms with Gasteiger partial charge in [0.25, 0.3) is 0 Å². The molecule has 2 N–H and O–H groups in total. The van der Waals surface area contributed by atoms with Gasteiger partial charge in [0.2, 0.25) is 0 Å². The summed E-state index contributed by atoms with van der Waals surface area (Å²) in [5.41, 5.74) is 1.52. The molecule has 0 aliphatic carbocycles. The van der Waals surface area contributed by atoms with Gasteiger partial charge in [-0.3, -0.25) is 4.90 Å². The largest absolute Gasteiger partial charge is 0.379 e. The summed E-state index contributed by atoms with van der Waals surface area (Å²) in [5.74, 6) is 0.575. The Morgan fingerprint density at radius 1 is 1.21 bits per heavy atom. The minimum Gasteiger partial charge on any atom is -0.379 e. The van der Waals surface area contributed by atoms with Crippen LogP contribution < -0.4 is 15.5 Å². The number of benzene rings is 1. The van der Waals surface area contributed by atoms with Crippen LogP contribution >= 0.6 is 24.0 Å². The second kappa shape index (κ2) is 14.0. The summed E-state index contributed by atoms with van der Waals surface area (Å²) in [6, 6.07) is 5.81. The highest BCUT2D eigenvalue weighted by atomic mass is 127. The van der Waals surface area contributed by atoms with Gasteiger partial charge in [0, 0.05) is 45.3 Å². The van der Waals surface area contributed by atoms with Crippen LogP contribution in [0.3, 0.4) is 0 Å². The third-order valence-electron chi connectivity index (χ3n) is 5.11. The van der Waals surface area contributed by atoms with E-state index in [-0.39, 0.29) is 29.8 Å². The van der Waals surface area contributed by atoms with Gasteiger partial charge >= 0.3 is 0 Å². The van der Waals surface area contributed by atoms with E-state index in [1.807, 2.05) is 37.8 Å². The van der Waals surface area contributed by atoms with Crippen LogP contribution in [0.5, 0.6) is 0 Å². The number of halogens is 2. The first-order valence-corrected chi connectivity index (χ1v) is 10.5.